The summed E-state index contributed by atoms with van der Waals surface area (Å²) in [6, 6.07) is 0. The largest absolute Gasteiger partial charge is 0.373 e. The van der Waals surface area contributed by atoms with Crippen LogP contribution in [0.15, 0.2) is 0 Å². The van der Waals surface area contributed by atoms with Gasteiger partial charge in [-0.25, -0.2) is 0 Å². The van der Waals surface area contributed by atoms with Crippen LogP contribution in [0.25, 0.3) is 0 Å². The molecule has 4 nitrogen and oxygen atoms in total. The van der Waals surface area contributed by atoms with Gasteiger partial charge in [0.05, 0.1) is 18.8 Å². The number of ether oxygens (including phenoxy) is 3. The zero-order valence-electron chi connectivity index (χ0n) is 8.70. The SMILES string of the molecule is CCC1(N)COC(C2CCCO2)OC1. The molecule has 2 fully saturated rings. The lowest BCUT2D eigenvalue weighted by atomic mass is 9.99. The third-order valence-corrected chi connectivity index (χ3v) is 3.04. The zero-order valence-corrected chi connectivity index (χ0v) is 8.70. The minimum atomic E-state index is -0.297. The van der Waals surface area contributed by atoms with Gasteiger partial charge in [-0.3, -0.25) is 0 Å². The molecule has 2 aliphatic rings. The number of hydrogen-bond donors (Lipinski definition) is 1. The first-order valence-electron chi connectivity index (χ1n) is 5.37. The Morgan fingerprint density at radius 2 is 2.00 bits per heavy atom. The smallest absolute Gasteiger partial charge is 0.183 e. The Kier molecular flexibility index (Phi) is 3.07. The quantitative estimate of drug-likeness (QED) is 0.712. The highest BCUT2D eigenvalue weighted by molar-refractivity contribution is 4.86. The van der Waals surface area contributed by atoms with Crippen LogP contribution in [-0.2, 0) is 14.2 Å². The normalized spacial score (nSPS) is 44.1. The summed E-state index contributed by atoms with van der Waals surface area (Å²) < 4.78 is 16.7. The molecule has 4 heteroatoms. The van der Waals surface area contributed by atoms with E-state index in [9.17, 15) is 0 Å². The Morgan fingerprint density at radius 3 is 2.50 bits per heavy atom. The van der Waals surface area contributed by atoms with Gasteiger partial charge < -0.3 is 19.9 Å². The first kappa shape index (κ1) is 10.4. The molecule has 1 unspecified atom stereocenters. The molecule has 14 heavy (non-hydrogen) atoms. The van der Waals surface area contributed by atoms with Gasteiger partial charge in [0.2, 0.25) is 0 Å². The van der Waals surface area contributed by atoms with Gasteiger partial charge in [0.1, 0.15) is 6.10 Å². The van der Waals surface area contributed by atoms with Gasteiger partial charge in [0.25, 0.3) is 0 Å². The molecule has 0 spiro atoms. The zero-order chi connectivity index (χ0) is 10.0. The van der Waals surface area contributed by atoms with Crippen molar-refractivity contribution >= 4 is 0 Å². The lowest BCUT2D eigenvalue weighted by Gasteiger charge is -2.38. The molecular formula is C10H19NO3. The second kappa shape index (κ2) is 4.14. The first-order valence-corrected chi connectivity index (χ1v) is 5.37. The first-order chi connectivity index (χ1) is 6.73. The summed E-state index contributed by atoms with van der Waals surface area (Å²) in [7, 11) is 0. The van der Waals surface area contributed by atoms with E-state index in [0.717, 1.165) is 25.9 Å². The van der Waals surface area contributed by atoms with Gasteiger partial charge in [0, 0.05) is 6.61 Å². The van der Waals surface area contributed by atoms with Crippen molar-refractivity contribution in [3.63, 3.8) is 0 Å². The summed E-state index contributed by atoms with van der Waals surface area (Å²) in [5, 5.41) is 0. The van der Waals surface area contributed by atoms with E-state index in [2.05, 4.69) is 6.92 Å². The summed E-state index contributed by atoms with van der Waals surface area (Å²) >= 11 is 0. The minimum Gasteiger partial charge on any atom is -0.373 e. The topological polar surface area (TPSA) is 53.7 Å². The Balaban J connectivity index is 1.83. The van der Waals surface area contributed by atoms with Crippen molar-refractivity contribution in [2.24, 2.45) is 5.73 Å². The Hall–Kier alpha value is -0.160. The predicted molar refractivity (Wildman–Crippen MR) is 51.9 cm³/mol. The fourth-order valence-corrected chi connectivity index (χ4v) is 1.82. The van der Waals surface area contributed by atoms with Crippen LogP contribution in [0.5, 0.6) is 0 Å². The molecule has 1 atom stereocenters. The highest BCUT2D eigenvalue weighted by Gasteiger charge is 2.36. The maximum Gasteiger partial charge on any atom is 0.183 e. The van der Waals surface area contributed by atoms with Crippen LogP contribution in [0.3, 0.4) is 0 Å². The second-order valence-electron chi connectivity index (χ2n) is 4.26. The van der Waals surface area contributed by atoms with E-state index in [-0.39, 0.29) is 17.9 Å². The van der Waals surface area contributed by atoms with E-state index in [4.69, 9.17) is 19.9 Å². The molecule has 2 saturated heterocycles. The van der Waals surface area contributed by atoms with E-state index >= 15 is 0 Å². The molecule has 2 rings (SSSR count). The molecule has 0 amide bonds. The van der Waals surface area contributed by atoms with Crippen molar-refractivity contribution in [3.8, 4) is 0 Å². The fourth-order valence-electron chi connectivity index (χ4n) is 1.82. The van der Waals surface area contributed by atoms with Crippen LogP contribution in [0, 0.1) is 0 Å². The van der Waals surface area contributed by atoms with Crippen LogP contribution in [-0.4, -0.2) is 37.8 Å². The summed E-state index contributed by atoms with van der Waals surface area (Å²) in [6.45, 7) is 4.04. The molecule has 0 saturated carbocycles. The number of nitrogens with two attached hydrogens (primary N) is 1. The molecule has 0 aromatic carbocycles. The van der Waals surface area contributed by atoms with Gasteiger partial charge >= 0.3 is 0 Å². The Bertz CT molecular complexity index is 184. The third kappa shape index (κ3) is 2.08. The second-order valence-corrected chi connectivity index (χ2v) is 4.26. The molecule has 0 aromatic heterocycles. The lowest BCUT2D eigenvalue weighted by molar-refractivity contribution is -0.245. The molecule has 0 aromatic rings. The molecule has 0 aliphatic carbocycles. The van der Waals surface area contributed by atoms with Gasteiger partial charge in [0.15, 0.2) is 6.29 Å². The van der Waals surface area contributed by atoms with Crippen LogP contribution in [0.4, 0.5) is 0 Å². The molecule has 82 valence electrons. The molecule has 2 heterocycles. The monoisotopic (exact) mass is 201 g/mol. The Labute approximate surface area is 84.7 Å². The number of rotatable bonds is 2. The van der Waals surface area contributed by atoms with E-state index < -0.39 is 0 Å². The average molecular weight is 201 g/mol. The standard InChI is InChI=1S/C10H19NO3/c1-2-10(11)6-13-9(14-7-10)8-4-3-5-12-8/h8-9H,2-7,11H2,1H3. The van der Waals surface area contributed by atoms with Crippen molar-refractivity contribution < 1.29 is 14.2 Å². The number of hydrogen-bond acceptors (Lipinski definition) is 4. The highest BCUT2D eigenvalue weighted by Crippen LogP contribution is 2.24. The van der Waals surface area contributed by atoms with Gasteiger partial charge in [-0.2, -0.15) is 0 Å². The molecule has 0 radical (unpaired) electrons. The van der Waals surface area contributed by atoms with Crippen LogP contribution < -0.4 is 5.73 Å². The predicted octanol–water partition coefficient (Wildman–Crippen LogP) is 0.646. The van der Waals surface area contributed by atoms with Crippen molar-refractivity contribution in [2.75, 3.05) is 19.8 Å². The molecule has 0 bridgehead atoms. The molecule has 2 N–H and O–H groups in total. The molecule has 2 aliphatic heterocycles. The van der Waals surface area contributed by atoms with E-state index in [0.29, 0.717) is 13.2 Å². The molecular weight excluding hydrogens is 182 g/mol. The van der Waals surface area contributed by atoms with E-state index in [1.807, 2.05) is 0 Å². The maximum atomic E-state index is 6.03. The van der Waals surface area contributed by atoms with Crippen LogP contribution in [0.1, 0.15) is 26.2 Å². The summed E-state index contributed by atoms with van der Waals surface area (Å²) in [4.78, 5) is 0. The van der Waals surface area contributed by atoms with Crippen LogP contribution >= 0.6 is 0 Å². The van der Waals surface area contributed by atoms with E-state index in [1.165, 1.54) is 0 Å². The lowest BCUT2D eigenvalue weighted by Crippen LogP contribution is -2.55. The maximum absolute atomic E-state index is 6.03. The summed E-state index contributed by atoms with van der Waals surface area (Å²) in [5.41, 5.74) is 5.73. The van der Waals surface area contributed by atoms with Gasteiger partial charge in [-0.1, -0.05) is 6.92 Å². The minimum absolute atomic E-state index is 0.122. The van der Waals surface area contributed by atoms with Crippen molar-refractivity contribution in [1.29, 1.82) is 0 Å². The highest BCUT2D eigenvalue weighted by atomic mass is 16.7. The summed E-state index contributed by atoms with van der Waals surface area (Å²) in [5.74, 6) is 0. The van der Waals surface area contributed by atoms with E-state index in [1.54, 1.807) is 0 Å². The van der Waals surface area contributed by atoms with Crippen molar-refractivity contribution in [3.05, 3.63) is 0 Å². The third-order valence-electron chi connectivity index (χ3n) is 3.04. The van der Waals surface area contributed by atoms with Crippen LogP contribution in [0.2, 0.25) is 0 Å². The summed E-state index contributed by atoms with van der Waals surface area (Å²) in [6.07, 6.45) is 2.95. The van der Waals surface area contributed by atoms with Crippen molar-refractivity contribution in [1.82, 2.24) is 0 Å². The average Bonchev–Trinajstić information content (AvgIpc) is 2.72. The van der Waals surface area contributed by atoms with Crippen molar-refractivity contribution in [2.45, 2.75) is 44.1 Å². The van der Waals surface area contributed by atoms with Gasteiger partial charge in [-0.05, 0) is 19.3 Å². The van der Waals surface area contributed by atoms with Gasteiger partial charge in [-0.15, -0.1) is 0 Å². The Morgan fingerprint density at radius 1 is 1.29 bits per heavy atom. The fraction of sp³-hybridized carbons (Fsp3) is 1.00.